The molecular formula is C27H30N10O7. The van der Waals surface area contributed by atoms with Crippen molar-refractivity contribution in [3.05, 3.63) is 71.5 Å². The van der Waals surface area contributed by atoms with E-state index < -0.39 is 54.5 Å². The lowest BCUT2D eigenvalue weighted by Gasteiger charge is -2.29. The molecule has 0 unspecified atom stereocenters. The lowest BCUT2D eigenvalue weighted by atomic mass is 10.1. The summed E-state index contributed by atoms with van der Waals surface area (Å²) in [5, 5.41) is 31.7. The number of aryl methyl sites for hydroxylation is 1. The van der Waals surface area contributed by atoms with Crippen molar-refractivity contribution in [2.75, 3.05) is 4.90 Å². The number of para-hydroxylation sites is 1. The van der Waals surface area contributed by atoms with Crippen molar-refractivity contribution in [3.63, 3.8) is 0 Å². The quantitative estimate of drug-likeness (QED) is 0.112. The van der Waals surface area contributed by atoms with Gasteiger partial charge in [-0.3, -0.25) is 19.3 Å². The maximum Gasteiger partial charge on any atom is 0.408 e. The van der Waals surface area contributed by atoms with Gasteiger partial charge in [-0.25, -0.2) is 15.0 Å². The molecule has 0 saturated carbocycles. The number of hydrogen-bond acceptors (Lipinski definition) is 10. The minimum atomic E-state index is -1.25. The van der Waals surface area contributed by atoms with Crippen molar-refractivity contribution >= 4 is 41.8 Å². The number of hydrazone groups is 1. The summed E-state index contributed by atoms with van der Waals surface area (Å²) in [6.07, 6.45) is -0.0935. The maximum atomic E-state index is 14.1. The number of carboxylic acid groups (broad SMARTS) is 1. The number of anilines is 1. The average molecular weight is 607 g/mol. The lowest BCUT2D eigenvalue weighted by Crippen LogP contribution is -2.56. The van der Waals surface area contributed by atoms with Crippen LogP contribution in [0.4, 0.5) is 15.3 Å². The first kappa shape index (κ1) is 31.1. The van der Waals surface area contributed by atoms with Gasteiger partial charge in [-0.2, -0.15) is 10.3 Å². The van der Waals surface area contributed by atoms with Crippen LogP contribution < -0.4 is 26.7 Å². The summed E-state index contributed by atoms with van der Waals surface area (Å²) in [5.41, 5.74) is 8.80. The van der Waals surface area contributed by atoms with E-state index in [9.17, 15) is 29.1 Å². The molecule has 2 aromatic carbocycles. The van der Waals surface area contributed by atoms with Crippen LogP contribution in [0, 0.1) is 0 Å². The zero-order chi connectivity index (χ0) is 31.5. The predicted octanol–water partition coefficient (Wildman–Crippen LogP) is -0.00120. The number of hydrogen-bond donors (Lipinski definition) is 6. The molecule has 3 aromatic rings. The van der Waals surface area contributed by atoms with Gasteiger partial charge in [0.2, 0.25) is 11.8 Å². The molecule has 7 N–H and O–H groups in total. The Bertz CT molecular complexity index is 1500. The van der Waals surface area contributed by atoms with E-state index in [-0.39, 0.29) is 25.9 Å². The number of tetrazole rings is 1. The van der Waals surface area contributed by atoms with Gasteiger partial charge in [-0.15, -0.1) is 10.2 Å². The van der Waals surface area contributed by atoms with Crippen LogP contribution in [-0.2, 0) is 38.6 Å². The zero-order valence-electron chi connectivity index (χ0n) is 23.3. The van der Waals surface area contributed by atoms with Gasteiger partial charge in [-0.1, -0.05) is 53.7 Å². The van der Waals surface area contributed by atoms with E-state index in [0.29, 0.717) is 17.1 Å². The number of H-pyrrole nitrogens is 1. The van der Waals surface area contributed by atoms with Gasteiger partial charge < -0.3 is 26.2 Å². The van der Waals surface area contributed by atoms with Crippen LogP contribution in [0.1, 0.15) is 29.8 Å². The van der Waals surface area contributed by atoms with Gasteiger partial charge in [0.25, 0.3) is 0 Å². The monoisotopic (exact) mass is 606 g/mol. The van der Waals surface area contributed by atoms with Gasteiger partial charge in [-0.05, 0) is 23.6 Å². The molecule has 0 saturated heterocycles. The first-order valence-electron chi connectivity index (χ1n) is 13.4. The SMILES string of the molecule is NC(=O)N/N=C/[C@H](CC(=O)O)NC(=O)[C@@H]1Cc2ccccc2N1C(=O)[C@H](CCc1nn[nH]n1)NC(=O)OCc1ccccc1. The number of amides is 5. The number of nitrogens with two attached hydrogens (primary N) is 1. The van der Waals surface area contributed by atoms with Crippen molar-refractivity contribution < 1.29 is 33.8 Å². The molecule has 0 radical (unpaired) electrons. The van der Waals surface area contributed by atoms with Crippen molar-refractivity contribution in [3.8, 4) is 0 Å². The number of aromatic nitrogens is 4. The minimum absolute atomic E-state index is 0.0346. The van der Waals surface area contributed by atoms with Crippen LogP contribution >= 0.6 is 0 Å². The Morgan fingerprint density at radius 3 is 2.57 bits per heavy atom. The molecular weight excluding hydrogens is 576 g/mol. The molecule has 0 spiro atoms. The van der Waals surface area contributed by atoms with Gasteiger partial charge in [0, 0.05) is 24.7 Å². The number of carboxylic acids is 1. The number of carbonyl (C=O) groups is 5. The summed E-state index contributed by atoms with van der Waals surface area (Å²) in [6, 6.07) is 11.4. The van der Waals surface area contributed by atoms with Gasteiger partial charge in [0.05, 0.1) is 12.5 Å². The fourth-order valence-corrected chi connectivity index (χ4v) is 4.56. The number of alkyl carbamates (subject to hydrolysis) is 1. The second-order valence-corrected chi connectivity index (χ2v) is 9.65. The third kappa shape index (κ3) is 8.57. The second kappa shape index (κ2) is 14.9. The summed E-state index contributed by atoms with van der Waals surface area (Å²) in [4.78, 5) is 64.1. The van der Waals surface area contributed by atoms with Crippen LogP contribution in [-0.4, -0.2) is 80.0 Å². The molecule has 230 valence electrons. The molecule has 3 atom stereocenters. The van der Waals surface area contributed by atoms with E-state index in [1.54, 1.807) is 48.5 Å². The highest BCUT2D eigenvalue weighted by atomic mass is 16.5. The molecule has 0 aliphatic carbocycles. The van der Waals surface area contributed by atoms with Gasteiger partial charge >= 0.3 is 18.1 Å². The molecule has 1 aromatic heterocycles. The Labute approximate surface area is 250 Å². The highest BCUT2D eigenvalue weighted by Gasteiger charge is 2.41. The first-order valence-corrected chi connectivity index (χ1v) is 13.4. The third-order valence-electron chi connectivity index (χ3n) is 6.52. The fraction of sp³-hybridized carbons (Fsp3) is 0.296. The molecule has 0 fully saturated rings. The number of benzene rings is 2. The maximum absolute atomic E-state index is 14.1. The number of carbonyl (C=O) groups excluding carboxylic acids is 4. The molecule has 4 rings (SSSR count). The van der Waals surface area contributed by atoms with Crippen LogP contribution in [0.5, 0.6) is 0 Å². The number of urea groups is 1. The van der Waals surface area contributed by atoms with Crippen LogP contribution in [0.3, 0.4) is 0 Å². The van der Waals surface area contributed by atoms with Crippen molar-refractivity contribution in [1.82, 2.24) is 36.7 Å². The molecule has 0 bridgehead atoms. The topological polar surface area (TPSA) is 247 Å². The molecule has 2 heterocycles. The number of ether oxygens (including phenoxy) is 1. The lowest BCUT2D eigenvalue weighted by molar-refractivity contribution is -0.137. The fourth-order valence-electron chi connectivity index (χ4n) is 4.56. The smallest absolute Gasteiger partial charge is 0.408 e. The normalized spacial score (nSPS) is 15.2. The number of aliphatic carboxylic acids is 1. The van der Waals surface area contributed by atoms with Crippen LogP contribution in [0.15, 0.2) is 59.7 Å². The van der Waals surface area contributed by atoms with Crippen molar-refractivity contribution in [2.24, 2.45) is 10.8 Å². The Hall–Kier alpha value is -5.87. The molecule has 5 amide bonds. The number of nitrogens with one attached hydrogen (secondary N) is 4. The van der Waals surface area contributed by atoms with Crippen molar-refractivity contribution in [1.29, 1.82) is 0 Å². The Morgan fingerprint density at radius 1 is 1.11 bits per heavy atom. The van der Waals surface area contributed by atoms with E-state index in [1.165, 1.54) is 4.90 Å². The van der Waals surface area contributed by atoms with Gasteiger partial charge in [0.15, 0.2) is 5.82 Å². The number of nitrogens with zero attached hydrogens (tertiary/aromatic N) is 5. The number of primary amides is 1. The molecule has 17 heteroatoms. The van der Waals surface area contributed by atoms with Crippen molar-refractivity contribution in [2.45, 2.75) is 50.4 Å². The van der Waals surface area contributed by atoms with Crippen LogP contribution in [0.2, 0.25) is 0 Å². The molecule has 1 aliphatic heterocycles. The van der Waals surface area contributed by atoms with Gasteiger partial charge in [0.1, 0.15) is 18.7 Å². The number of rotatable bonds is 13. The summed E-state index contributed by atoms with van der Waals surface area (Å²) >= 11 is 0. The van der Waals surface area contributed by atoms with E-state index in [1.807, 2.05) is 11.5 Å². The molecule has 17 nitrogen and oxygen atoms in total. The summed E-state index contributed by atoms with van der Waals surface area (Å²) in [5.74, 6) is -2.24. The average Bonchev–Trinajstić information content (AvgIpc) is 3.66. The minimum Gasteiger partial charge on any atom is -0.481 e. The Morgan fingerprint density at radius 2 is 1.86 bits per heavy atom. The summed E-state index contributed by atoms with van der Waals surface area (Å²) in [6.45, 7) is -0.0346. The second-order valence-electron chi connectivity index (χ2n) is 9.65. The molecule has 1 aliphatic rings. The molecule has 44 heavy (non-hydrogen) atoms. The van der Waals surface area contributed by atoms with E-state index in [4.69, 9.17) is 10.5 Å². The van der Waals surface area contributed by atoms with Crippen LogP contribution in [0.25, 0.3) is 0 Å². The first-order chi connectivity index (χ1) is 21.2. The Balaban J connectivity index is 1.56. The largest absolute Gasteiger partial charge is 0.481 e. The Kier molecular flexibility index (Phi) is 10.5. The third-order valence-corrected chi connectivity index (χ3v) is 6.52. The van der Waals surface area contributed by atoms with E-state index in [0.717, 1.165) is 11.8 Å². The van der Waals surface area contributed by atoms with E-state index >= 15 is 0 Å². The highest BCUT2D eigenvalue weighted by molar-refractivity contribution is 6.06. The zero-order valence-corrected chi connectivity index (χ0v) is 23.3. The predicted molar refractivity (Wildman–Crippen MR) is 153 cm³/mol. The summed E-state index contributed by atoms with van der Waals surface area (Å²) < 4.78 is 5.34. The number of aromatic amines is 1. The summed E-state index contributed by atoms with van der Waals surface area (Å²) in [7, 11) is 0. The van der Waals surface area contributed by atoms with E-state index in [2.05, 4.69) is 36.4 Å². The number of fused-ring (bicyclic) bond motifs is 1. The highest BCUT2D eigenvalue weighted by Crippen LogP contribution is 2.33. The standard InChI is InChI=1S/C27H30N10O7/c28-26(42)34-29-14-18(13-23(38)39)30-24(40)21-12-17-8-4-5-9-20(17)37(21)25(41)19(10-11-22-32-35-36-33-22)31-27(43)44-15-16-6-2-1-3-7-16/h1-9,14,18-19,21H,10-13,15H2,(H,30,40)(H,31,43)(H,38,39)(H3,28,34,42)(H,32,33,35,36)/b29-14+/t18-,19-,21-/m0/s1.